The van der Waals surface area contributed by atoms with E-state index in [1.165, 1.54) is 4.31 Å². The summed E-state index contributed by atoms with van der Waals surface area (Å²) in [5, 5.41) is 0. The zero-order valence-corrected chi connectivity index (χ0v) is 11.5. The molecule has 2 fully saturated rings. The Morgan fingerprint density at radius 3 is 2.74 bits per heavy atom. The number of ether oxygens (including phenoxy) is 1. The van der Waals surface area contributed by atoms with Crippen molar-refractivity contribution in [3.8, 4) is 0 Å². The molecule has 3 atom stereocenters. The van der Waals surface area contributed by atoms with Gasteiger partial charge in [-0.3, -0.25) is 0 Å². The van der Waals surface area contributed by atoms with Gasteiger partial charge in [-0.25, -0.2) is 13.3 Å². The van der Waals surface area contributed by atoms with E-state index in [1.54, 1.807) is 0 Å². The molecule has 0 radical (unpaired) electrons. The maximum Gasteiger partial charge on any atom is 0.422 e. The average Bonchev–Trinajstić information content (AvgIpc) is 2.75. The van der Waals surface area contributed by atoms with E-state index in [1.807, 2.05) is 30.3 Å². The Bertz CT molecular complexity index is 491. The molecule has 0 bridgehead atoms. The highest BCUT2D eigenvalue weighted by Gasteiger charge is 2.45. The summed E-state index contributed by atoms with van der Waals surface area (Å²) in [5.41, 5.74) is 0.980. The molecule has 1 amide bonds. The van der Waals surface area contributed by atoms with Gasteiger partial charge in [-0.2, -0.15) is 0 Å². The van der Waals surface area contributed by atoms with Crippen LogP contribution in [0.1, 0.15) is 31.2 Å². The first-order chi connectivity index (χ1) is 9.25. The molecule has 1 aromatic carbocycles. The second-order valence-corrected chi connectivity index (χ2v) is 6.38. The average molecular weight is 279 g/mol. The van der Waals surface area contributed by atoms with Crippen molar-refractivity contribution in [2.24, 2.45) is 0 Å². The lowest BCUT2D eigenvalue weighted by molar-refractivity contribution is 0.113. The van der Waals surface area contributed by atoms with Crippen LogP contribution in [0.5, 0.6) is 0 Å². The number of carbonyl (C=O) groups excluding carboxylic acids is 1. The van der Waals surface area contributed by atoms with E-state index in [0.717, 1.165) is 31.2 Å². The van der Waals surface area contributed by atoms with Crippen LogP contribution in [0.25, 0.3) is 0 Å². The van der Waals surface area contributed by atoms with Gasteiger partial charge in [-0.15, -0.1) is 0 Å². The molecule has 0 spiro atoms. The number of benzene rings is 1. The van der Waals surface area contributed by atoms with Crippen molar-refractivity contribution in [2.75, 3.05) is 0 Å². The van der Waals surface area contributed by atoms with Gasteiger partial charge in [0.05, 0.1) is 11.8 Å². The lowest BCUT2D eigenvalue weighted by Gasteiger charge is -2.26. The van der Waals surface area contributed by atoms with Crippen LogP contribution in [0.15, 0.2) is 30.3 Å². The van der Waals surface area contributed by atoms with Crippen LogP contribution >= 0.6 is 0 Å². The minimum atomic E-state index is -1.34. The Balaban J connectivity index is 1.74. The number of rotatable bonds is 3. The number of carbonyl (C=O) groups is 1. The molecule has 1 heterocycles. The number of hydrogen-bond acceptors (Lipinski definition) is 3. The third-order valence-corrected chi connectivity index (χ3v) is 5.19. The summed E-state index contributed by atoms with van der Waals surface area (Å²) < 4.78 is 19.2. The summed E-state index contributed by atoms with van der Waals surface area (Å²) in [7, 11) is -1.34. The minimum absolute atomic E-state index is 0.00537. The van der Waals surface area contributed by atoms with Crippen LogP contribution in [0.3, 0.4) is 0 Å². The van der Waals surface area contributed by atoms with E-state index < -0.39 is 17.1 Å². The van der Waals surface area contributed by atoms with Gasteiger partial charge in [-0.1, -0.05) is 36.8 Å². The quantitative estimate of drug-likeness (QED) is 0.854. The molecule has 102 valence electrons. The number of amides is 1. The maximum atomic E-state index is 12.4. The van der Waals surface area contributed by atoms with E-state index in [9.17, 15) is 9.00 Å². The summed E-state index contributed by atoms with van der Waals surface area (Å²) in [4.78, 5) is 11.9. The third-order valence-electron chi connectivity index (χ3n) is 3.75. The Hall–Kier alpha value is -1.36. The first kappa shape index (κ1) is 12.7. The molecule has 3 rings (SSSR count). The lowest BCUT2D eigenvalue weighted by Crippen LogP contribution is -2.40. The Morgan fingerprint density at radius 1 is 1.21 bits per heavy atom. The van der Waals surface area contributed by atoms with Crippen molar-refractivity contribution in [3.05, 3.63) is 35.9 Å². The van der Waals surface area contributed by atoms with Gasteiger partial charge in [0.1, 0.15) is 17.1 Å². The van der Waals surface area contributed by atoms with Crippen LogP contribution in [0, 0.1) is 0 Å². The lowest BCUT2D eigenvalue weighted by atomic mass is 9.93. The molecule has 2 aliphatic rings. The fourth-order valence-corrected chi connectivity index (χ4v) is 4.19. The van der Waals surface area contributed by atoms with Gasteiger partial charge in [0.2, 0.25) is 0 Å². The molecule has 4 nitrogen and oxygen atoms in total. The van der Waals surface area contributed by atoms with Gasteiger partial charge in [-0.05, 0) is 24.8 Å². The molecule has 1 saturated carbocycles. The zero-order chi connectivity index (χ0) is 13.2. The van der Waals surface area contributed by atoms with Crippen molar-refractivity contribution in [1.82, 2.24) is 4.31 Å². The highest BCUT2D eigenvalue weighted by molar-refractivity contribution is 7.82. The van der Waals surface area contributed by atoms with Crippen molar-refractivity contribution < 1.29 is 13.7 Å². The van der Waals surface area contributed by atoms with E-state index >= 15 is 0 Å². The van der Waals surface area contributed by atoms with Crippen LogP contribution < -0.4 is 0 Å². The summed E-state index contributed by atoms with van der Waals surface area (Å²) in [5.74, 6) is 0.374. The topological polar surface area (TPSA) is 46.6 Å². The molecule has 1 saturated heterocycles. The van der Waals surface area contributed by atoms with Crippen LogP contribution in [-0.2, 0) is 21.5 Å². The van der Waals surface area contributed by atoms with Crippen molar-refractivity contribution >= 4 is 17.1 Å². The van der Waals surface area contributed by atoms with Crippen molar-refractivity contribution in [3.63, 3.8) is 0 Å². The monoisotopic (exact) mass is 279 g/mol. The molecular weight excluding hydrogens is 262 g/mol. The molecule has 19 heavy (non-hydrogen) atoms. The molecule has 1 aliphatic heterocycles. The first-order valence-corrected chi connectivity index (χ1v) is 7.95. The predicted molar refractivity (Wildman–Crippen MR) is 72.7 cm³/mol. The van der Waals surface area contributed by atoms with E-state index in [-0.39, 0.29) is 12.1 Å². The Kier molecular flexibility index (Phi) is 3.55. The smallest absolute Gasteiger partial charge is 0.422 e. The normalized spacial score (nSPS) is 27.8. The van der Waals surface area contributed by atoms with E-state index in [4.69, 9.17) is 4.74 Å². The third kappa shape index (κ3) is 2.52. The Labute approximate surface area is 115 Å². The van der Waals surface area contributed by atoms with Crippen molar-refractivity contribution in [1.29, 1.82) is 0 Å². The van der Waals surface area contributed by atoms with E-state index in [2.05, 4.69) is 0 Å². The molecule has 0 N–H and O–H groups in total. The molecular formula is C14H17NO3S. The molecule has 0 unspecified atom stereocenters. The van der Waals surface area contributed by atoms with Gasteiger partial charge >= 0.3 is 6.09 Å². The second kappa shape index (κ2) is 5.33. The highest BCUT2D eigenvalue weighted by atomic mass is 32.2. The summed E-state index contributed by atoms with van der Waals surface area (Å²) in [6.07, 6.45) is 3.50. The summed E-state index contributed by atoms with van der Waals surface area (Å²) in [6.45, 7) is 0. The van der Waals surface area contributed by atoms with E-state index in [0.29, 0.717) is 5.75 Å². The highest BCUT2D eigenvalue weighted by Crippen LogP contribution is 2.33. The fraction of sp³-hybridized carbons (Fsp3) is 0.500. The summed E-state index contributed by atoms with van der Waals surface area (Å²) >= 11 is 0. The van der Waals surface area contributed by atoms with Gasteiger partial charge < -0.3 is 4.74 Å². The van der Waals surface area contributed by atoms with Crippen LogP contribution in [0.4, 0.5) is 4.79 Å². The number of nitrogens with zero attached hydrogens (tertiary/aromatic N) is 1. The standard InChI is InChI=1S/C14H17NO3S/c16-14-15(12-8-4-5-9-13(12)18-14)19(17)10-11-6-2-1-3-7-11/h1-3,6-7,12-13H,4-5,8-10H2/t12-,13+,19-/m0/s1. The SMILES string of the molecule is O=C1O[C@@H]2CCCC[C@@H]2N1[S@@](=O)Cc1ccccc1. The molecule has 5 heteroatoms. The van der Waals surface area contributed by atoms with Crippen LogP contribution in [0.2, 0.25) is 0 Å². The number of fused-ring (bicyclic) bond motifs is 1. The minimum Gasteiger partial charge on any atom is -0.443 e. The Morgan fingerprint density at radius 2 is 1.95 bits per heavy atom. The second-order valence-electron chi connectivity index (χ2n) is 5.05. The summed E-state index contributed by atoms with van der Waals surface area (Å²) in [6, 6.07) is 9.62. The molecule has 0 aromatic heterocycles. The van der Waals surface area contributed by atoms with Gasteiger partial charge in [0, 0.05) is 0 Å². The van der Waals surface area contributed by atoms with Crippen molar-refractivity contribution in [2.45, 2.75) is 43.6 Å². The molecule has 1 aromatic rings. The zero-order valence-electron chi connectivity index (χ0n) is 10.7. The predicted octanol–water partition coefficient (Wildman–Crippen LogP) is 2.61. The molecule has 1 aliphatic carbocycles. The van der Waals surface area contributed by atoms with Crippen LogP contribution in [-0.4, -0.2) is 26.8 Å². The number of hydrogen-bond donors (Lipinski definition) is 0. The fourth-order valence-electron chi connectivity index (χ4n) is 2.82. The maximum absolute atomic E-state index is 12.4. The first-order valence-electron chi connectivity index (χ1n) is 6.68. The largest absolute Gasteiger partial charge is 0.443 e. The van der Waals surface area contributed by atoms with Gasteiger partial charge in [0.15, 0.2) is 0 Å². The van der Waals surface area contributed by atoms with Gasteiger partial charge in [0.25, 0.3) is 0 Å².